The van der Waals surface area contributed by atoms with Gasteiger partial charge in [0.1, 0.15) is 5.75 Å². The molecule has 2 N–H and O–H groups in total. The van der Waals surface area contributed by atoms with Gasteiger partial charge in [-0.1, -0.05) is 35.3 Å². The quantitative estimate of drug-likeness (QED) is 0.712. The second kappa shape index (κ2) is 8.83. The molecule has 2 aromatic carbocycles. The number of anilines is 1. The van der Waals surface area contributed by atoms with E-state index >= 15 is 0 Å². The van der Waals surface area contributed by atoms with Gasteiger partial charge in [-0.2, -0.15) is 0 Å². The third-order valence-electron chi connectivity index (χ3n) is 4.59. The molecule has 1 saturated heterocycles. The molecule has 0 saturated carbocycles. The summed E-state index contributed by atoms with van der Waals surface area (Å²) in [6.07, 6.45) is 1.37. The molecular formula is C20H22Cl2N2O3. The van der Waals surface area contributed by atoms with Gasteiger partial charge in [-0.05, 0) is 55.7 Å². The van der Waals surface area contributed by atoms with E-state index in [0.717, 1.165) is 5.56 Å². The SMILES string of the molecule is CCOc1ccc(NC(=O)NC2(c3ccc(Cl)cc3)CCOCC2)cc1Cl. The lowest BCUT2D eigenvalue weighted by Crippen LogP contribution is -2.50. The Kier molecular flexibility index (Phi) is 6.47. The molecule has 0 atom stereocenters. The van der Waals surface area contributed by atoms with Gasteiger partial charge in [-0.3, -0.25) is 0 Å². The standard InChI is InChI=1S/C20H22Cl2N2O3/c1-2-27-18-8-7-16(13-17(18)22)23-19(25)24-20(9-11-26-12-10-20)14-3-5-15(21)6-4-14/h3-8,13H,2,9-12H2,1H3,(H2,23,24,25). The van der Waals surface area contributed by atoms with Crippen LogP contribution in [0.1, 0.15) is 25.3 Å². The molecule has 2 aromatic rings. The number of amides is 2. The summed E-state index contributed by atoms with van der Waals surface area (Å²) >= 11 is 12.2. The van der Waals surface area contributed by atoms with Crippen LogP contribution in [0.4, 0.5) is 10.5 Å². The van der Waals surface area contributed by atoms with Crippen LogP contribution in [0.2, 0.25) is 10.0 Å². The molecule has 1 heterocycles. The molecule has 0 aliphatic carbocycles. The highest BCUT2D eigenvalue weighted by atomic mass is 35.5. The highest BCUT2D eigenvalue weighted by Gasteiger charge is 2.36. The van der Waals surface area contributed by atoms with E-state index in [1.807, 2.05) is 31.2 Å². The van der Waals surface area contributed by atoms with Gasteiger partial charge >= 0.3 is 6.03 Å². The van der Waals surface area contributed by atoms with Crippen molar-refractivity contribution in [3.8, 4) is 5.75 Å². The molecule has 0 unspecified atom stereocenters. The predicted octanol–water partition coefficient (Wildman–Crippen LogP) is 5.22. The number of nitrogens with one attached hydrogen (secondary N) is 2. The Balaban J connectivity index is 1.75. The van der Waals surface area contributed by atoms with Crippen molar-refractivity contribution in [2.75, 3.05) is 25.1 Å². The molecule has 5 nitrogen and oxygen atoms in total. The topological polar surface area (TPSA) is 59.6 Å². The number of ether oxygens (including phenoxy) is 2. The van der Waals surface area contributed by atoms with Gasteiger partial charge in [-0.15, -0.1) is 0 Å². The van der Waals surface area contributed by atoms with Crippen molar-refractivity contribution in [2.24, 2.45) is 0 Å². The molecular weight excluding hydrogens is 387 g/mol. The summed E-state index contributed by atoms with van der Waals surface area (Å²) in [4.78, 5) is 12.7. The predicted molar refractivity (Wildman–Crippen MR) is 108 cm³/mol. The van der Waals surface area contributed by atoms with Crippen LogP contribution in [0.5, 0.6) is 5.75 Å². The average molecular weight is 409 g/mol. The monoisotopic (exact) mass is 408 g/mol. The Morgan fingerprint density at radius 1 is 1.15 bits per heavy atom. The van der Waals surface area contributed by atoms with Crippen LogP contribution in [0.25, 0.3) is 0 Å². The molecule has 0 radical (unpaired) electrons. The lowest BCUT2D eigenvalue weighted by atomic mass is 9.83. The number of carbonyl (C=O) groups excluding carboxylic acids is 1. The summed E-state index contributed by atoms with van der Waals surface area (Å²) in [5, 5.41) is 7.09. The van der Waals surface area contributed by atoms with Gasteiger partial charge in [0.15, 0.2) is 0 Å². The van der Waals surface area contributed by atoms with Crippen molar-refractivity contribution in [2.45, 2.75) is 25.3 Å². The lowest BCUT2D eigenvalue weighted by molar-refractivity contribution is 0.0418. The molecule has 1 fully saturated rings. The van der Waals surface area contributed by atoms with Crippen LogP contribution in [-0.4, -0.2) is 25.9 Å². The number of urea groups is 1. The first-order valence-corrected chi connectivity index (χ1v) is 9.63. The summed E-state index contributed by atoms with van der Waals surface area (Å²) in [6, 6.07) is 12.4. The summed E-state index contributed by atoms with van der Waals surface area (Å²) in [7, 11) is 0. The van der Waals surface area contributed by atoms with Crippen molar-refractivity contribution in [3.63, 3.8) is 0 Å². The van der Waals surface area contributed by atoms with Crippen molar-refractivity contribution >= 4 is 34.9 Å². The second-order valence-electron chi connectivity index (χ2n) is 6.36. The van der Waals surface area contributed by atoms with Crippen molar-refractivity contribution < 1.29 is 14.3 Å². The second-order valence-corrected chi connectivity index (χ2v) is 7.20. The van der Waals surface area contributed by atoms with E-state index in [-0.39, 0.29) is 6.03 Å². The highest BCUT2D eigenvalue weighted by Crippen LogP contribution is 2.33. The van der Waals surface area contributed by atoms with E-state index < -0.39 is 5.54 Å². The van der Waals surface area contributed by atoms with Crippen LogP contribution in [0, 0.1) is 0 Å². The van der Waals surface area contributed by atoms with Gasteiger partial charge in [0.2, 0.25) is 0 Å². The largest absolute Gasteiger partial charge is 0.492 e. The van der Waals surface area contributed by atoms with E-state index in [9.17, 15) is 4.79 Å². The smallest absolute Gasteiger partial charge is 0.319 e. The van der Waals surface area contributed by atoms with E-state index in [2.05, 4.69) is 10.6 Å². The van der Waals surface area contributed by atoms with Crippen molar-refractivity contribution in [1.82, 2.24) is 5.32 Å². The summed E-state index contributed by atoms with van der Waals surface area (Å²) in [5.74, 6) is 0.590. The number of halogens is 2. The molecule has 1 aliphatic heterocycles. The van der Waals surface area contributed by atoms with Gasteiger partial charge in [0.25, 0.3) is 0 Å². The van der Waals surface area contributed by atoms with E-state index in [1.54, 1.807) is 18.2 Å². The zero-order chi connectivity index (χ0) is 19.3. The van der Waals surface area contributed by atoms with Gasteiger partial charge in [0.05, 0.1) is 17.2 Å². The number of carbonyl (C=O) groups is 1. The third kappa shape index (κ3) is 4.86. The van der Waals surface area contributed by atoms with Crippen molar-refractivity contribution in [1.29, 1.82) is 0 Å². The Morgan fingerprint density at radius 3 is 2.48 bits per heavy atom. The molecule has 144 valence electrons. The number of hydrogen-bond acceptors (Lipinski definition) is 3. The fourth-order valence-corrected chi connectivity index (χ4v) is 3.57. The first-order chi connectivity index (χ1) is 13.0. The molecule has 0 bridgehead atoms. The zero-order valence-electron chi connectivity index (χ0n) is 15.1. The zero-order valence-corrected chi connectivity index (χ0v) is 16.6. The highest BCUT2D eigenvalue weighted by molar-refractivity contribution is 6.32. The van der Waals surface area contributed by atoms with Crippen LogP contribution < -0.4 is 15.4 Å². The summed E-state index contributed by atoms with van der Waals surface area (Å²) < 4.78 is 10.9. The molecule has 3 rings (SSSR count). The lowest BCUT2D eigenvalue weighted by Gasteiger charge is -2.38. The first-order valence-electron chi connectivity index (χ1n) is 8.88. The number of rotatable bonds is 5. The van der Waals surface area contributed by atoms with E-state index in [0.29, 0.717) is 54.1 Å². The number of hydrogen-bond donors (Lipinski definition) is 2. The fraction of sp³-hybridized carbons (Fsp3) is 0.350. The first kappa shape index (κ1) is 19.8. The fourth-order valence-electron chi connectivity index (χ4n) is 3.21. The Labute approximate surface area is 168 Å². The Morgan fingerprint density at radius 2 is 1.85 bits per heavy atom. The maximum absolute atomic E-state index is 12.7. The average Bonchev–Trinajstić information content (AvgIpc) is 2.65. The van der Waals surface area contributed by atoms with Gasteiger partial charge in [0, 0.05) is 23.9 Å². The maximum Gasteiger partial charge on any atom is 0.319 e. The van der Waals surface area contributed by atoms with Crippen LogP contribution in [-0.2, 0) is 10.3 Å². The van der Waals surface area contributed by atoms with Crippen LogP contribution >= 0.6 is 23.2 Å². The maximum atomic E-state index is 12.7. The minimum atomic E-state index is -0.498. The molecule has 1 aliphatic rings. The molecule has 0 aromatic heterocycles. The normalized spacial score (nSPS) is 15.8. The minimum absolute atomic E-state index is 0.299. The van der Waals surface area contributed by atoms with E-state index in [4.69, 9.17) is 32.7 Å². The molecule has 7 heteroatoms. The third-order valence-corrected chi connectivity index (χ3v) is 5.13. The van der Waals surface area contributed by atoms with Gasteiger partial charge < -0.3 is 20.1 Å². The summed E-state index contributed by atoms with van der Waals surface area (Å²) in [5.41, 5.74) is 1.11. The summed E-state index contributed by atoms with van der Waals surface area (Å²) in [6.45, 7) is 3.58. The van der Waals surface area contributed by atoms with E-state index in [1.165, 1.54) is 0 Å². The van der Waals surface area contributed by atoms with Crippen LogP contribution in [0.3, 0.4) is 0 Å². The van der Waals surface area contributed by atoms with Gasteiger partial charge in [-0.25, -0.2) is 4.79 Å². The number of benzene rings is 2. The Bertz CT molecular complexity index is 790. The molecule has 0 spiro atoms. The van der Waals surface area contributed by atoms with Crippen molar-refractivity contribution in [3.05, 3.63) is 58.1 Å². The molecule has 27 heavy (non-hydrogen) atoms. The molecule has 2 amide bonds. The minimum Gasteiger partial charge on any atom is -0.492 e. The van der Waals surface area contributed by atoms with Crippen LogP contribution in [0.15, 0.2) is 42.5 Å². The Hall–Kier alpha value is -1.95.